The third-order valence-corrected chi connectivity index (χ3v) is 5.94. The van der Waals surface area contributed by atoms with E-state index in [0.717, 1.165) is 22.8 Å². The van der Waals surface area contributed by atoms with Crippen molar-refractivity contribution >= 4 is 34.1 Å². The lowest BCUT2D eigenvalue weighted by Gasteiger charge is -2.21. The van der Waals surface area contributed by atoms with Crippen LogP contribution in [0, 0.1) is 29.3 Å². The van der Waals surface area contributed by atoms with Gasteiger partial charge in [-0.25, -0.2) is 33.1 Å². The molecule has 3 heterocycles. The molecule has 5 aromatic rings. The lowest BCUT2D eigenvalue weighted by molar-refractivity contribution is 0.579. The van der Waals surface area contributed by atoms with Crippen LogP contribution in [0.15, 0.2) is 65.8 Å². The van der Waals surface area contributed by atoms with E-state index in [2.05, 4.69) is 37.1 Å². The molecule has 1 atom stereocenters. The summed E-state index contributed by atoms with van der Waals surface area (Å²) in [7, 11) is 0. The zero-order chi connectivity index (χ0) is 27.7. The first-order chi connectivity index (χ1) is 18.7. The van der Waals surface area contributed by atoms with Gasteiger partial charge in [-0.05, 0) is 49.2 Å². The molecule has 0 spiro atoms. The number of nitrogen functional groups attached to an aromatic ring is 1. The maximum absolute atomic E-state index is 14.2. The number of benzene rings is 2. The maximum atomic E-state index is 14.2. The van der Waals surface area contributed by atoms with E-state index >= 15 is 0 Å². The van der Waals surface area contributed by atoms with Gasteiger partial charge in [0.05, 0.1) is 33.2 Å². The first-order valence-electron chi connectivity index (χ1n) is 11.4. The van der Waals surface area contributed by atoms with Crippen LogP contribution in [0.4, 0.5) is 24.8 Å². The lowest BCUT2D eigenvalue weighted by Crippen LogP contribution is -2.28. The van der Waals surface area contributed by atoms with Crippen molar-refractivity contribution < 1.29 is 13.2 Å². The molecule has 0 radical (unpaired) electrons. The van der Waals surface area contributed by atoms with Gasteiger partial charge in [0.1, 0.15) is 35.3 Å². The van der Waals surface area contributed by atoms with E-state index in [9.17, 15) is 18.0 Å². The van der Waals surface area contributed by atoms with Crippen LogP contribution in [0.1, 0.15) is 30.0 Å². The quantitative estimate of drug-likeness (QED) is 0.311. The van der Waals surface area contributed by atoms with Crippen molar-refractivity contribution in [2.45, 2.75) is 13.0 Å². The van der Waals surface area contributed by atoms with E-state index in [1.165, 1.54) is 24.7 Å². The van der Waals surface area contributed by atoms with Gasteiger partial charge in [0.15, 0.2) is 11.6 Å². The molecule has 39 heavy (non-hydrogen) atoms. The average Bonchev–Trinajstić information content (AvgIpc) is 2.89. The number of rotatable bonds is 4. The molecule has 0 amide bonds. The van der Waals surface area contributed by atoms with Crippen LogP contribution in [-0.2, 0) is 0 Å². The number of fused-ring (bicyclic) bond motifs is 1. The summed E-state index contributed by atoms with van der Waals surface area (Å²) in [6.45, 7) is 1.69. The number of halogens is 4. The van der Waals surface area contributed by atoms with E-state index in [1.54, 1.807) is 19.1 Å². The SMILES string of the molecule is C[C@H](Nc1ncncc1C#Cc1ccc(F)c(N)n1)c1nc2cccc(Cl)c2c(=O)n1-c1cc(F)cc(F)c1. The molecule has 12 heteroatoms. The van der Waals surface area contributed by atoms with Crippen LogP contribution in [-0.4, -0.2) is 24.5 Å². The molecule has 8 nitrogen and oxygen atoms in total. The summed E-state index contributed by atoms with van der Waals surface area (Å²) in [6.07, 6.45) is 2.74. The van der Waals surface area contributed by atoms with Gasteiger partial charge >= 0.3 is 0 Å². The number of nitrogens with one attached hydrogen (secondary N) is 1. The van der Waals surface area contributed by atoms with Crippen LogP contribution < -0.4 is 16.6 Å². The Bertz CT molecular complexity index is 1850. The van der Waals surface area contributed by atoms with E-state index in [4.69, 9.17) is 17.3 Å². The molecule has 2 aromatic carbocycles. The average molecular weight is 548 g/mol. The van der Waals surface area contributed by atoms with Gasteiger partial charge in [0.25, 0.3) is 5.56 Å². The van der Waals surface area contributed by atoms with Gasteiger partial charge in [-0.1, -0.05) is 23.6 Å². The molecule has 0 aliphatic heterocycles. The van der Waals surface area contributed by atoms with Crippen molar-refractivity contribution in [2.75, 3.05) is 11.1 Å². The van der Waals surface area contributed by atoms with Crippen molar-refractivity contribution in [3.05, 3.63) is 111 Å². The summed E-state index contributed by atoms with van der Waals surface area (Å²) in [5, 5.41) is 3.37. The smallest absolute Gasteiger partial charge is 0.267 e. The van der Waals surface area contributed by atoms with Crippen LogP contribution in [0.2, 0.25) is 5.02 Å². The number of nitrogens with two attached hydrogens (primary N) is 1. The third kappa shape index (κ3) is 5.23. The highest BCUT2D eigenvalue weighted by Crippen LogP contribution is 2.25. The molecule has 0 saturated carbocycles. The Kier molecular flexibility index (Phi) is 6.87. The standard InChI is InChI=1S/C27H17ClF3N7O/c1-14(35-25-15(12-33-13-34-25)5-6-18-7-8-21(31)24(32)36-18)26-37-22-4-2-3-20(28)23(22)27(39)38(26)19-10-16(29)9-17(30)11-19/h2-4,7-14H,1H3,(H2,32,36)(H,33,34,35)/t14-/m0/s1. The second-order valence-electron chi connectivity index (χ2n) is 8.34. The zero-order valence-corrected chi connectivity index (χ0v) is 20.8. The van der Waals surface area contributed by atoms with Crippen LogP contribution in [0.3, 0.4) is 0 Å². The van der Waals surface area contributed by atoms with E-state index in [-0.39, 0.29) is 39.3 Å². The fourth-order valence-electron chi connectivity index (χ4n) is 3.88. The summed E-state index contributed by atoms with van der Waals surface area (Å²) < 4.78 is 42.8. The Balaban J connectivity index is 1.61. The molecule has 5 rings (SSSR count). The lowest BCUT2D eigenvalue weighted by atomic mass is 10.2. The molecule has 0 aliphatic rings. The summed E-state index contributed by atoms with van der Waals surface area (Å²) in [4.78, 5) is 30.3. The Morgan fingerprint density at radius 2 is 1.82 bits per heavy atom. The van der Waals surface area contributed by atoms with Gasteiger partial charge < -0.3 is 11.1 Å². The van der Waals surface area contributed by atoms with E-state index < -0.39 is 29.1 Å². The number of hydrogen-bond acceptors (Lipinski definition) is 7. The van der Waals surface area contributed by atoms with Crippen LogP contribution >= 0.6 is 11.6 Å². The number of aromatic nitrogens is 5. The maximum Gasteiger partial charge on any atom is 0.267 e. The summed E-state index contributed by atoms with van der Waals surface area (Å²) in [6, 6.07) is 9.32. The predicted octanol–water partition coefficient (Wildman–Crippen LogP) is 4.80. The Morgan fingerprint density at radius 3 is 2.56 bits per heavy atom. The van der Waals surface area contributed by atoms with Gasteiger partial charge in [-0.2, -0.15) is 0 Å². The molecule has 0 fully saturated rings. The highest BCUT2D eigenvalue weighted by atomic mass is 35.5. The van der Waals surface area contributed by atoms with E-state index in [1.807, 2.05) is 0 Å². The minimum atomic E-state index is -0.869. The van der Waals surface area contributed by atoms with Crippen LogP contribution in [0.5, 0.6) is 0 Å². The summed E-state index contributed by atoms with van der Waals surface area (Å²) >= 11 is 6.29. The van der Waals surface area contributed by atoms with Gasteiger partial charge in [0, 0.05) is 12.3 Å². The molecule has 0 unspecified atom stereocenters. The predicted molar refractivity (Wildman–Crippen MR) is 141 cm³/mol. The van der Waals surface area contributed by atoms with Crippen molar-refractivity contribution in [1.82, 2.24) is 24.5 Å². The molecular weight excluding hydrogens is 531 g/mol. The van der Waals surface area contributed by atoms with Gasteiger partial charge in [0.2, 0.25) is 0 Å². The Morgan fingerprint density at radius 1 is 1.05 bits per heavy atom. The number of nitrogens with zero attached hydrogens (tertiary/aromatic N) is 5. The highest BCUT2D eigenvalue weighted by Gasteiger charge is 2.21. The first-order valence-corrected chi connectivity index (χ1v) is 11.8. The topological polar surface area (TPSA) is 112 Å². The molecule has 3 aromatic heterocycles. The van der Waals surface area contributed by atoms with Gasteiger partial charge in [-0.15, -0.1) is 0 Å². The summed E-state index contributed by atoms with van der Waals surface area (Å²) in [5.41, 5.74) is 5.71. The normalized spacial score (nSPS) is 11.6. The highest BCUT2D eigenvalue weighted by molar-refractivity contribution is 6.35. The minimum Gasteiger partial charge on any atom is -0.381 e. The molecular formula is C27H17ClF3N7O. The second-order valence-corrected chi connectivity index (χ2v) is 8.74. The van der Waals surface area contributed by atoms with Crippen molar-refractivity contribution in [3.8, 4) is 17.5 Å². The summed E-state index contributed by atoms with van der Waals surface area (Å²) in [5.74, 6) is 3.36. The molecule has 194 valence electrons. The Hall–Kier alpha value is -4.95. The third-order valence-electron chi connectivity index (χ3n) is 5.63. The van der Waals surface area contributed by atoms with Crippen molar-refractivity contribution in [2.24, 2.45) is 0 Å². The minimum absolute atomic E-state index is 0.0712. The molecule has 0 saturated heterocycles. The molecule has 0 aliphatic carbocycles. The van der Waals surface area contributed by atoms with E-state index in [0.29, 0.717) is 17.1 Å². The van der Waals surface area contributed by atoms with Crippen molar-refractivity contribution in [3.63, 3.8) is 0 Å². The molecule has 3 N–H and O–H groups in total. The number of pyridine rings is 1. The molecule has 0 bridgehead atoms. The second kappa shape index (κ2) is 10.4. The zero-order valence-electron chi connectivity index (χ0n) is 20.1. The first kappa shape index (κ1) is 25.7. The fraction of sp³-hybridized carbons (Fsp3) is 0.0741. The fourth-order valence-corrected chi connectivity index (χ4v) is 4.13. The Labute approximate surface area is 224 Å². The number of hydrogen-bond donors (Lipinski definition) is 2. The monoisotopic (exact) mass is 547 g/mol. The number of anilines is 2. The van der Waals surface area contributed by atoms with Gasteiger partial charge in [-0.3, -0.25) is 9.36 Å². The van der Waals surface area contributed by atoms with Crippen molar-refractivity contribution in [1.29, 1.82) is 0 Å². The largest absolute Gasteiger partial charge is 0.381 e. The van der Waals surface area contributed by atoms with Crippen LogP contribution in [0.25, 0.3) is 16.6 Å².